The molecule has 1 saturated heterocycles. The van der Waals surface area contributed by atoms with Gasteiger partial charge in [0.25, 0.3) is 0 Å². The van der Waals surface area contributed by atoms with Gasteiger partial charge in [0.05, 0.1) is 6.04 Å². The maximum absolute atomic E-state index is 11.8. The van der Waals surface area contributed by atoms with Gasteiger partial charge in [-0.15, -0.1) is 0 Å². The van der Waals surface area contributed by atoms with Crippen LogP contribution < -0.4 is 0 Å². The second-order valence-corrected chi connectivity index (χ2v) is 5.18. The molecule has 1 aliphatic rings. The second kappa shape index (κ2) is 4.25. The largest absolute Gasteiger partial charge is 0.444 e. The van der Waals surface area contributed by atoms with Crippen molar-refractivity contribution in [2.24, 2.45) is 0 Å². The molecule has 3 nitrogen and oxygen atoms in total. The van der Waals surface area contributed by atoms with Gasteiger partial charge >= 0.3 is 6.09 Å². The Morgan fingerprint density at radius 1 is 1.47 bits per heavy atom. The summed E-state index contributed by atoms with van der Waals surface area (Å²) < 4.78 is 5.35. The molecule has 0 aliphatic carbocycles. The quantitative estimate of drug-likeness (QED) is 0.624. The van der Waals surface area contributed by atoms with Gasteiger partial charge in [-0.05, 0) is 40.5 Å². The van der Waals surface area contributed by atoms with Crippen LogP contribution in [0.25, 0.3) is 0 Å². The van der Waals surface area contributed by atoms with Gasteiger partial charge in [0.1, 0.15) is 5.60 Å². The molecule has 0 bridgehead atoms. The monoisotopic (exact) mass is 211 g/mol. The average molecular weight is 211 g/mol. The molecule has 1 aliphatic heterocycles. The molecule has 0 aromatic rings. The van der Waals surface area contributed by atoms with E-state index in [1.54, 1.807) is 4.90 Å². The third-order valence-corrected chi connectivity index (χ3v) is 2.45. The van der Waals surface area contributed by atoms with Crippen LogP contribution >= 0.6 is 0 Å². The summed E-state index contributed by atoms with van der Waals surface area (Å²) in [6.07, 6.45) is 1.83. The molecule has 0 aromatic heterocycles. The summed E-state index contributed by atoms with van der Waals surface area (Å²) in [5.41, 5.74) is 0.623. The zero-order chi connectivity index (χ0) is 11.6. The minimum absolute atomic E-state index is 0.167. The van der Waals surface area contributed by atoms with Crippen LogP contribution in [0.3, 0.4) is 0 Å². The first-order chi connectivity index (χ1) is 6.81. The Labute approximate surface area is 92.1 Å². The fraction of sp³-hybridized carbons (Fsp3) is 0.750. The molecule has 1 amide bonds. The number of hydrogen-bond acceptors (Lipinski definition) is 2. The minimum atomic E-state index is -0.417. The number of amides is 1. The molecular formula is C12H21NO2. The van der Waals surface area contributed by atoms with Crippen molar-refractivity contribution in [3.63, 3.8) is 0 Å². The lowest BCUT2D eigenvalue weighted by molar-refractivity contribution is 0.0249. The Kier molecular flexibility index (Phi) is 3.42. The summed E-state index contributed by atoms with van der Waals surface area (Å²) in [5.74, 6) is 0. The predicted molar refractivity (Wildman–Crippen MR) is 60.8 cm³/mol. The summed E-state index contributed by atoms with van der Waals surface area (Å²) in [5, 5.41) is 0. The highest BCUT2D eigenvalue weighted by atomic mass is 16.6. The van der Waals surface area contributed by atoms with Gasteiger partial charge in [0.15, 0.2) is 0 Å². The van der Waals surface area contributed by atoms with Crippen LogP contribution in [0.2, 0.25) is 0 Å². The Morgan fingerprint density at radius 3 is 2.53 bits per heavy atom. The number of likely N-dealkylation sites (tertiary alicyclic amines) is 1. The molecule has 1 rings (SSSR count). The number of carbonyl (C=O) groups excluding carboxylic acids is 1. The van der Waals surface area contributed by atoms with Gasteiger partial charge < -0.3 is 9.64 Å². The summed E-state index contributed by atoms with van der Waals surface area (Å²) in [6, 6.07) is 0.167. The predicted octanol–water partition coefficient (Wildman–Crippen LogP) is 2.96. The molecule has 3 heteroatoms. The number of hydrogen-bond donors (Lipinski definition) is 0. The van der Waals surface area contributed by atoms with E-state index in [1.165, 1.54) is 0 Å². The normalized spacial score (nSPS) is 21.6. The van der Waals surface area contributed by atoms with Gasteiger partial charge in [-0.2, -0.15) is 0 Å². The van der Waals surface area contributed by atoms with Crippen molar-refractivity contribution in [2.75, 3.05) is 6.54 Å². The first-order valence-corrected chi connectivity index (χ1v) is 5.46. The molecule has 15 heavy (non-hydrogen) atoms. The highest BCUT2D eigenvalue weighted by Gasteiger charge is 2.32. The Hall–Kier alpha value is -0.990. The van der Waals surface area contributed by atoms with Gasteiger partial charge in [0, 0.05) is 6.54 Å². The van der Waals surface area contributed by atoms with Crippen LogP contribution in [0.15, 0.2) is 12.2 Å². The molecule has 1 atom stereocenters. The van der Waals surface area contributed by atoms with Crippen LogP contribution in [0.4, 0.5) is 4.79 Å². The first-order valence-electron chi connectivity index (χ1n) is 5.46. The van der Waals surface area contributed by atoms with Crippen molar-refractivity contribution in [3.05, 3.63) is 12.2 Å². The van der Waals surface area contributed by atoms with Crippen molar-refractivity contribution in [2.45, 2.75) is 52.2 Å². The molecule has 1 unspecified atom stereocenters. The highest BCUT2D eigenvalue weighted by molar-refractivity contribution is 5.69. The Bertz CT molecular complexity index is 265. The molecule has 0 spiro atoms. The molecule has 0 aromatic carbocycles. The molecule has 86 valence electrons. The summed E-state index contributed by atoms with van der Waals surface area (Å²) in [6.45, 7) is 12.3. The van der Waals surface area contributed by atoms with Gasteiger partial charge in [0.2, 0.25) is 0 Å². The van der Waals surface area contributed by atoms with Crippen molar-refractivity contribution in [1.82, 2.24) is 4.90 Å². The van der Waals surface area contributed by atoms with Gasteiger partial charge in [-0.3, -0.25) is 0 Å². The summed E-state index contributed by atoms with van der Waals surface area (Å²) in [4.78, 5) is 13.6. The van der Waals surface area contributed by atoms with E-state index in [0.717, 1.165) is 25.0 Å². The standard InChI is InChI=1S/C12H21NO2/c1-9(2)10-7-6-8-13(10)11(14)15-12(3,4)5/h10H,1,6-8H2,2-5H3. The number of carbonyl (C=O) groups is 1. The maximum Gasteiger partial charge on any atom is 0.410 e. The second-order valence-electron chi connectivity index (χ2n) is 5.18. The van der Waals surface area contributed by atoms with Crippen LogP contribution in [-0.2, 0) is 4.74 Å². The number of nitrogens with zero attached hydrogens (tertiary/aromatic N) is 1. The van der Waals surface area contributed by atoms with E-state index in [-0.39, 0.29) is 12.1 Å². The van der Waals surface area contributed by atoms with Gasteiger partial charge in [-0.25, -0.2) is 4.79 Å². The Morgan fingerprint density at radius 2 is 2.07 bits per heavy atom. The topological polar surface area (TPSA) is 29.5 Å². The summed E-state index contributed by atoms with van der Waals surface area (Å²) in [7, 11) is 0. The summed E-state index contributed by atoms with van der Waals surface area (Å²) >= 11 is 0. The van der Waals surface area contributed by atoms with Crippen molar-refractivity contribution >= 4 is 6.09 Å². The van der Waals surface area contributed by atoms with Crippen LogP contribution in [-0.4, -0.2) is 29.2 Å². The van der Waals surface area contributed by atoms with E-state index >= 15 is 0 Å². The van der Waals surface area contributed by atoms with E-state index in [2.05, 4.69) is 6.58 Å². The lowest BCUT2D eigenvalue weighted by atomic mass is 10.1. The molecule has 1 heterocycles. The van der Waals surface area contributed by atoms with Crippen molar-refractivity contribution in [3.8, 4) is 0 Å². The SMILES string of the molecule is C=C(C)C1CCCN1C(=O)OC(C)(C)C. The van der Waals surface area contributed by atoms with Gasteiger partial charge in [-0.1, -0.05) is 12.2 Å². The number of ether oxygens (including phenoxy) is 1. The van der Waals surface area contributed by atoms with E-state index in [9.17, 15) is 4.79 Å². The highest BCUT2D eigenvalue weighted by Crippen LogP contribution is 2.24. The third kappa shape index (κ3) is 3.26. The smallest absolute Gasteiger partial charge is 0.410 e. The molecular weight excluding hydrogens is 190 g/mol. The molecule has 0 saturated carbocycles. The van der Waals surface area contributed by atoms with Crippen LogP contribution in [0, 0.1) is 0 Å². The Balaban J connectivity index is 2.63. The van der Waals surface area contributed by atoms with Crippen molar-refractivity contribution in [1.29, 1.82) is 0 Å². The zero-order valence-corrected chi connectivity index (χ0v) is 10.2. The fourth-order valence-corrected chi connectivity index (χ4v) is 1.82. The first kappa shape index (κ1) is 12.1. The van der Waals surface area contributed by atoms with E-state index in [0.29, 0.717) is 0 Å². The van der Waals surface area contributed by atoms with E-state index in [4.69, 9.17) is 4.74 Å². The fourth-order valence-electron chi connectivity index (χ4n) is 1.82. The van der Waals surface area contributed by atoms with Crippen LogP contribution in [0.5, 0.6) is 0 Å². The maximum atomic E-state index is 11.8. The lowest BCUT2D eigenvalue weighted by Crippen LogP contribution is -2.40. The molecule has 0 N–H and O–H groups in total. The average Bonchev–Trinajstić information content (AvgIpc) is 2.47. The zero-order valence-electron chi connectivity index (χ0n) is 10.2. The third-order valence-electron chi connectivity index (χ3n) is 2.45. The van der Waals surface area contributed by atoms with E-state index in [1.807, 2.05) is 27.7 Å². The van der Waals surface area contributed by atoms with E-state index < -0.39 is 5.60 Å². The van der Waals surface area contributed by atoms with Crippen molar-refractivity contribution < 1.29 is 9.53 Å². The number of rotatable bonds is 1. The minimum Gasteiger partial charge on any atom is -0.444 e. The van der Waals surface area contributed by atoms with Crippen LogP contribution in [0.1, 0.15) is 40.5 Å². The molecule has 0 radical (unpaired) electrons. The molecule has 1 fully saturated rings. The lowest BCUT2D eigenvalue weighted by Gasteiger charge is -2.28.